The van der Waals surface area contributed by atoms with Crippen LogP contribution in [-0.2, 0) is 0 Å². The molecular formula is C15H31N3. The van der Waals surface area contributed by atoms with Gasteiger partial charge in [0.2, 0.25) is 0 Å². The lowest BCUT2D eigenvalue weighted by atomic mass is 9.87. The second-order valence-electron chi connectivity index (χ2n) is 6.59. The molecule has 1 atom stereocenters. The molecule has 0 aromatic rings. The zero-order valence-electron chi connectivity index (χ0n) is 12.3. The van der Waals surface area contributed by atoms with Crippen molar-refractivity contribution in [2.75, 3.05) is 33.7 Å². The molecule has 2 aliphatic rings. The molecule has 0 radical (unpaired) electrons. The van der Waals surface area contributed by atoms with Gasteiger partial charge in [-0.15, -0.1) is 0 Å². The van der Waals surface area contributed by atoms with Crippen LogP contribution in [0.5, 0.6) is 0 Å². The third-order valence-corrected chi connectivity index (χ3v) is 4.98. The highest BCUT2D eigenvalue weighted by Crippen LogP contribution is 2.36. The maximum absolute atomic E-state index is 6.23. The number of likely N-dealkylation sites (tertiary alicyclic amines) is 1. The molecule has 1 saturated heterocycles. The lowest BCUT2D eigenvalue weighted by molar-refractivity contribution is 0.0544. The molecule has 2 N–H and O–H groups in total. The van der Waals surface area contributed by atoms with Gasteiger partial charge >= 0.3 is 0 Å². The average molecular weight is 253 g/mol. The molecule has 0 aromatic heterocycles. The van der Waals surface area contributed by atoms with Crippen LogP contribution in [0.15, 0.2) is 0 Å². The maximum atomic E-state index is 6.23. The molecule has 2 rings (SSSR count). The fourth-order valence-electron chi connectivity index (χ4n) is 4.07. The van der Waals surface area contributed by atoms with Gasteiger partial charge in [-0.2, -0.15) is 0 Å². The average Bonchev–Trinajstić information content (AvgIpc) is 2.66. The zero-order chi connectivity index (χ0) is 13.0. The van der Waals surface area contributed by atoms with Crippen LogP contribution in [0, 0.1) is 0 Å². The lowest BCUT2D eigenvalue weighted by Crippen LogP contribution is -2.57. The number of rotatable bonds is 4. The van der Waals surface area contributed by atoms with Gasteiger partial charge in [0.05, 0.1) is 0 Å². The second kappa shape index (κ2) is 6.36. The van der Waals surface area contributed by atoms with Crippen molar-refractivity contribution >= 4 is 0 Å². The van der Waals surface area contributed by atoms with Crippen molar-refractivity contribution in [3.8, 4) is 0 Å². The summed E-state index contributed by atoms with van der Waals surface area (Å²) in [5, 5.41) is 0. The van der Waals surface area contributed by atoms with Crippen LogP contribution in [0.2, 0.25) is 0 Å². The van der Waals surface area contributed by atoms with E-state index in [1.165, 1.54) is 64.5 Å². The molecule has 106 valence electrons. The molecule has 0 amide bonds. The normalized spacial score (nSPS) is 29.7. The Morgan fingerprint density at radius 3 is 2.33 bits per heavy atom. The topological polar surface area (TPSA) is 32.5 Å². The lowest BCUT2D eigenvalue weighted by Gasteiger charge is -2.45. The van der Waals surface area contributed by atoms with Crippen molar-refractivity contribution < 1.29 is 0 Å². The van der Waals surface area contributed by atoms with E-state index in [1.807, 2.05) is 0 Å². The van der Waals surface area contributed by atoms with Crippen molar-refractivity contribution in [2.24, 2.45) is 5.73 Å². The van der Waals surface area contributed by atoms with Gasteiger partial charge in [0.25, 0.3) is 0 Å². The zero-order valence-corrected chi connectivity index (χ0v) is 12.3. The van der Waals surface area contributed by atoms with Crippen LogP contribution in [0.1, 0.15) is 51.4 Å². The first kappa shape index (κ1) is 14.3. The van der Waals surface area contributed by atoms with Gasteiger partial charge in [-0.05, 0) is 46.3 Å². The quantitative estimate of drug-likeness (QED) is 0.779. The van der Waals surface area contributed by atoms with Crippen molar-refractivity contribution in [1.82, 2.24) is 9.80 Å². The van der Waals surface area contributed by atoms with Gasteiger partial charge in [-0.25, -0.2) is 0 Å². The molecule has 1 aliphatic heterocycles. The van der Waals surface area contributed by atoms with E-state index >= 15 is 0 Å². The minimum absolute atomic E-state index is 0.327. The minimum Gasteiger partial charge on any atom is -0.329 e. The first-order chi connectivity index (χ1) is 8.68. The van der Waals surface area contributed by atoms with Gasteiger partial charge in [-0.3, -0.25) is 4.90 Å². The highest BCUT2D eigenvalue weighted by Gasteiger charge is 2.41. The summed E-state index contributed by atoms with van der Waals surface area (Å²) >= 11 is 0. The van der Waals surface area contributed by atoms with Crippen LogP contribution in [-0.4, -0.2) is 55.1 Å². The molecule has 1 unspecified atom stereocenters. The van der Waals surface area contributed by atoms with Crippen LogP contribution in [0.4, 0.5) is 0 Å². The van der Waals surface area contributed by atoms with E-state index in [-0.39, 0.29) is 0 Å². The molecule has 1 heterocycles. The van der Waals surface area contributed by atoms with Gasteiger partial charge in [0.1, 0.15) is 0 Å². The Kier molecular flexibility index (Phi) is 5.05. The summed E-state index contributed by atoms with van der Waals surface area (Å²) < 4.78 is 0. The first-order valence-electron chi connectivity index (χ1n) is 7.79. The Hall–Kier alpha value is -0.120. The van der Waals surface area contributed by atoms with E-state index < -0.39 is 0 Å². The third-order valence-electron chi connectivity index (χ3n) is 4.98. The Morgan fingerprint density at radius 1 is 1.11 bits per heavy atom. The van der Waals surface area contributed by atoms with Crippen molar-refractivity contribution in [2.45, 2.75) is 62.9 Å². The molecule has 1 aliphatic carbocycles. The molecule has 18 heavy (non-hydrogen) atoms. The van der Waals surface area contributed by atoms with E-state index in [0.717, 1.165) is 12.6 Å². The number of nitrogens with two attached hydrogens (primary N) is 1. The largest absolute Gasteiger partial charge is 0.329 e. The second-order valence-corrected chi connectivity index (χ2v) is 6.59. The Balaban J connectivity index is 2.09. The van der Waals surface area contributed by atoms with Crippen molar-refractivity contribution in [3.05, 3.63) is 0 Å². The van der Waals surface area contributed by atoms with Crippen LogP contribution < -0.4 is 5.73 Å². The Bertz CT molecular complexity index is 244. The summed E-state index contributed by atoms with van der Waals surface area (Å²) in [5.41, 5.74) is 6.55. The Morgan fingerprint density at radius 2 is 1.78 bits per heavy atom. The van der Waals surface area contributed by atoms with E-state index in [2.05, 4.69) is 23.9 Å². The third kappa shape index (κ3) is 3.06. The monoisotopic (exact) mass is 253 g/mol. The van der Waals surface area contributed by atoms with E-state index in [4.69, 9.17) is 5.73 Å². The highest BCUT2D eigenvalue weighted by molar-refractivity contribution is 4.99. The molecule has 3 heteroatoms. The highest BCUT2D eigenvalue weighted by atomic mass is 15.3. The summed E-state index contributed by atoms with van der Waals surface area (Å²) in [7, 11) is 4.39. The number of likely N-dealkylation sites (N-methyl/N-ethyl adjacent to an activating group) is 1. The van der Waals surface area contributed by atoms with E-state index in [1.54, 1.807) is 0 Å². The number of hydrogen-bond acceptors (Lipinski definition) is 3. The van der Waals surface area contributed by atoms with Crippen LogP contribution >= 0.6 is 0 Å². The summed E-state index contributed by atoms with van der Waals surface area (Å²) in [6.07, 6.45) is 11.0. The molecule has 2 fully saturated rings. The smallest absolute Gasteiger partial charge is 0.0335 e. The number of nitrogens with zero attached hydrogens (tertiary/aromatic N) is 2. The van der Waals surface area contributed by atoms with Crippen LogP contribution in [0.3, 0.4) is 0 Å². The van der Waals surface area contributed by atoms with E-state index in [9.17, 15) is 0 Å². The molecule has 3 nitrogen and oxygen atoms in total. The minimum atomic E-state index is 0.327. The van der Waals surface area contributed by atoms with Crippen molar-refractivity contribution in [3.63, 3.8) is 0 Å². The standard InChI is InChI=1S/C15H31N3/c1-17(2)12-14-8-7-11-18(14)15(13-16)9-5-3-4-6-10-15/h14H,3-13,16H2,1-2H3. The van der Waals surface area contributed by atoms with E-state index in [0.29, 0.717) is 5.54 Å². The van der Waals surface area contributed by atoms with Gasteiger partial charge < -0.3 is 10.6 Å². The summed E-state index contributed by atoms with van der Waals surface area (Å²) in [5.74, 6) is 0. The molecule has 0 bridgehead atoms. The summed E-state index contributed by atoms with van der Waals surface area (Å²) in [4.78, 5) is 5.13. The Labute approximate surface area is 113 Å². The molecule has 1 saturated carbocycles. The van der Waals surface area contributed by atoms with Crippen molar-refractivity contribution in [1.29, 1.82) is 0 Å². The molecule has 0 spiro atoms. The SMILES string of the molecule is CN(C)CC1CCCN1C1(CN)CCCCCC1. The summed E-state index contributed by atoms with van der Waals surface area (Å²) in [6.45, 7) is 3.33. The predicted molar refractivity (Wildman–Crippen MR) is 77.8 cm³/mol. The molecular weight excluding hydrogens is 222 g/mol. The van der Waals surface area contributed by atoms with Crippen LogP contribution in [0.25, 0.3) is 0 Å². The fraction of sp³-hybridized carbons (Fsp3) is 1.00. The summed E-state index contributed by atoms with van der Waals surface area (Å²) in [6, 6.07) is 0.738. The fourth-order valence-corrected chi connectivity index (χ4v) is 4.07. The molecule has 0 aromatic carbocycles. The maximum Gasteiger partial charge on any atom is 0.0335 e. The van der Waals surface area contributed by atoms with Gasteiger partial charge in [-0.1, -0.05) is 25.7 Å². The first-order valence-corrected chi connectivity index (χ1v) is 7.79. The predicted octanol–water partition coefficient (Wildman–Crippen LogP) is 2.06. The number of hydrogen-bond donors (Lipinski definition) is 1. The van der Waals surface area contributed by atoms with Gasteiger partial charge in [0, 0.05) is 24.7 Å². The van der Waals surface area contributed by atoms with Gasteiger partial charge in [0.15, 0.2) is 0 Å².